The van der Waals surface area contributed by atoms with Gasteiger partial charge in [0.25, 0.3) is 5.91 Å². The molecule has 26 heavy (non-hydrogen) atoms. The van der Waals surface area contributed by atoms with Crippen LogP contribution in [0.2, 0.25) is 0 Å². The van der Waals surface area contributed by atoms with Crippen LogP contribution in [0.25, 0.3) is 5.95 Å². The average molecular weight is 355 g/mol. The third-order valence-electron chi connectivity index (χ3n) is 3.84. The van der Waals surface area contributed by atoms with E-state index < -0.39 is 0 Å². The van der Waals surface area contributed by atoms with Crippen LogP contribution in [-0.2, 0) is 6.54 Å². The Hall–Kier alpha value is -3.43. The number of rotatable bonds is 4. The quantitative estimate of drug-likeness (QED) is 0.710. The molecule has 1 aromatic carbocycles. The standard InChI is InChI=1S/C16H17N7O3/c1-10-20-14(22-23(10)16-18-9-19-21-16)15(24)17-8-11-3-4-12-13(7-11)26-6-2-5-25-12/h3-4,7,9H,2,5-6,8H2,1H3,(H,17,24)(H,18,19,21). The van der Waals surface area contributed by atoms with Crippen molar-refractivity contribution in [2.75, 3.05) is 13.2 Å². The average Bonchev–Trinajstić information content (AvgIpc) is 3.24. The number of ether oxygens (including phenoxy) is 2. The van der Waals surface area contributed by atoms with Crippen LogP contribution in [0.1, 0.15) is 28.4 Å². The summed E-state index contributed by atoms with van der Waals surface area (Å²) in [6, 6.07) is 5.61. The molecule has 0 unspecified atom stereocenters. The summed E-state index contributed by atoms with van der Waals surface area (Å²) in [6.45, 7) is 3.31. The number of hydrogen-bond acceptors (Lipinski definition) is 7. The van der Waals surface area contributed by atoms with E-state index in [1.165, 1.54) is 11.0 Å². The zero-order valence-corrected chi connectivity index (χ0v) is 14.1. The normalized spacial score (nSPS) is 13.3. The fourth-order valence-electron chi connectivity index (χ4n) is 2.57. The number of H-pyrrole nitrogens is 1. The first-order valence-electron chi connectivity index (χ1n) is 8.17. The second-order valence-corrected chi connectivity index (χ2v) is 5.72. The minimum atomic E-state index is -0.376. The lowest BCUT2D eigenvalue weighted by molar-refractivity contribution is 0.0940. The van der Waals surface area contributed by atoms with Crippen molar-refractivity contribution < 1.29 is 14.3 Å². The smallest absolute Gasteiger partial charge is 0.291 e. The van der Waals surface area contributed by atoms with Crippen molar-refractivity contribution in [2.24, 2.45) is 0 Å². The van der Waals surface area contributed by atoms with Crippen molar-refractivity contribution in [3.05, 3.63) is 41.7 Å². The van der Waals surface area contributed by atoms with E-state index in [1.807, 2.05) is 18.2 Å². The molecule has 0 spiro atoms. The van der Waals surface area contributed by atoms with Crippen LogP contribution in [0.3, 0.4) is 0 Å². The van der Waals surface area contributed by atoms with Crippen LogP contribution < -0.4 is 14.8 Å². The summed E-state index contributed by atoms with van der Waals surface area (Å²) in [5, 5.41) is 13.4. The van der Waals surface area contributed by atoms with Crippen molar-refractivity contribution in [2.45, 2.75) is 19.9 Å². The number of fused-ring (bicyclic) bond motifs is 1. The fraction of sp³-hybridized carbons (Fsp3) is 0.312. The molecule has 0 bridgehead atoms. The molecule has 0 aliphatic carbocycles. The molecule has 0 atom stereocenters. The highest BCUT2D eigenvalue weighted by Crippen LogP contribution is 2.30. The Balaban J connectivity index is 1.44. The Morgan fingerprint density at radius 3 is 2.96 bits per heavy atom. The van der Waals surface area contributed by atoms with E-state index >= 15 is 0 Å². The van der Waals surface area contributed by atoms with E-state index in [9.17, 15) is 4.79 Å². The minimum Gasteiger partial charge on any atom is -0.490 e. The molecule has 10 heteroatoms. The number of aryl methyl sites for hydroxylation is 1. The highest BCUT2D eigenvalue weighted by Gasteiger charge is 2.17. The van der Waals surface area contributed by atoms with Crippen LogP contribution in [0.5, 0.6) is 11.5 Å². The number of carbonyl (C=O) groups excluding carboxylic acids is 1. The van der Waals surface area contributed by atoms with Crippen LogP contribution in [0.4, 0.5) is 0 Å². The molecule has 2 N–H and O–H groups in total. The van der Waals surface area contributed by atoms with E-state index in [0.717, 1.165) is 17.7 Å². The first-order valence-corrected chi connectivity index (χ1v) is 8.17. The van der Waals surface area contributed by atoms with E-state index in [1.54, 1.807) is 6.92 Å². The van der Waals surface area contributed by atoms with Gasteiger partial charge in [0.15, 0.2) is 11.5 Å². The van der Waals surface area contributed by atoms with Gasteiger partial charge in [-0.2, -0.15) is 14.8 Å². The zero-order valence-electron chi connectivity index (χ0n) is 14.1. The second kappa shape index (κ2) is 6.82. The number of nitrogens with zero attached hydrogens (tertiary/aromatic N) is 5. The number of amides is 1. The Bertz CT molecular complexity index is 920. The number of aromatic nitrogens is 6. The van der Waals surface area contributed by atoms with E-state index in [-0.39, 0.29) is 11.7 Å². The maximum Gasteiger partial charge on any atom is 0.291 e. The van der Waals surface area contributed by atoms with Crippen LogP contribution in [0, 0.1) is 6.92 Å². The molecule has 1 amide bonds. The van der Waals surface area contributed by atoms with Gasteiger partial charge >= 0.3 is 0 Å². The highest BCUT2D eigenvalue weighted by molar-refractivity contribution is 5.90. The third kappa shape index (κ3) is 3.21. The van der Waals surface area contributed by atoms with Gasteiger partial charge in [0.05, 0.1) is 13.2 Å². The summed E-state index contributed by atoms with van der Waals surface area (Å²) in [5.74, 6) is 2.03. The molecule has 0 saturated carbocycles. The predicted molar refractivity (Wildman–Crippen MR) is 89.3 cm³/mol. The van der Waals surface area contributed by atoms with E-state index in [0.29, 0.717) is 37.3 Å². The molecule has 0 radical (unpaired) electrons. The summed E-state index contributed by atoms with van der Waals surface area (Å²) in [6.07, 6.45) is 2.21. The Labute approximate surface area is 148 Å². The van der Waals surface area contributed by atoms with Gasteiger partial charge in [0, 0.05) is 13.0 Å². The van der Waals surface area contributed by atoms with Gasteiger partial charge in [0.2, 0.25) is 11.8 Å². The molecule has 134 valence electrons. The van der Waals surface area contributed by atoms with Gasteiger partial charge in [-0.3, -0.25) is 4.79 Å². The fourth-order valence-corrected chi connectivity index (χ4v) is 2.57. The molecule has 0 saturated heterocycles. The molecule has 1 aliphatic heterocycles. The van der Waals surface area contributed by atoms with Gasteiger partial charge in [-0.1, -0.05) is 6.07 Å². The predicted octanol–water partition coefficient (Wildman–Crippen LogP) is 0.785. The number of benzene rings is 1. The van der Waals surface area contributed by atoms with E-state index in [2.05, 4.69) is 30.6 Å². The van der Waals surface area contributed by atoms with Crippen LogP contribution in [0.15, 0.2) is 24.5 Å². The van der Waals surface area contributed by atoms with Crippen molar-refractivity contribution in [3.8, 4) is 17.4 Å². The zero-order chi connectivity index (χ0) is 17.9. The molecule has 3 heterocycles. The van der Waals surface area contributed by atoms with Gasteiger partial charge in [-0.25, -0.2) is 10.1 Å². The largest absolute Gasteiger partial charge is 0.490 e. The highest BCUT2D eigenvalue weighted by atomic mass is 16.5. The van der Waals surface area contributed by atoms with E-state index in [4.69, 9.17) is 9.47 Å². The van der Waals surface area contributed by atoms with Gasteiger partial charge < -0.3 is 14.8 Å². The maximum absolute atomic E-state index is 12.3. The second-order valence-electron chi connectivity index (χ2n) is 5.72. The maximum atomic E-state index is 12.3. The number of hydrogen-bond donors (Lipinski definition) is 2. The number of carbonyl (C=O) groups is 1. The van der Waals surface area contributed by atoms with Crippen molar-refractivity contribution in [3.63, 3.8) is 0 Å². The van der Waals surface area contributed by atoms with Crippen molar-refractivity contribution in [1.82, 2.24) is 35.3 Å². The summed E-state index contributed by atoms with van der Waals surface area (Å²) in [7, 11) is 0. The third-order valence-corrected chi connectivity index (χ3v) is 3.84. The van der Waals surface area contributed by atoms with Crippen LogP contribution in [-0.4, -0.2) is 49.1 Å². The van der Waals surface area contributed by atoms with Gasteiger partial charge in [0.1, 0.15) is 12.2 Å². The molecular formula is C16H17N7O3. The molecule has 2 aromatic heterocycles. The topological polar surface area (TPSA) is 120 Å². The molecule has 3 aromatic rings. The number of aromatic amines is 1. The SMILES string of the molecule is Cc1nc(C(=O)NCc2ccc3c(c2)OCCCO3)nn1-c1ncn[nH]1. The monoisotopic (exact) mass is 355 g/mol. The van der Waals surface area contributed by atoms with Gasteiger partial charge in [-0.05, 0) is 24.6 Å². The minimum absolute atomic E-state index is 0.0632. The first-order chi connectivity index (χ1) is 12.7. The Morgan fingerprint density at radius 2 is 2.15 bits per heavy atom. The Morgan fingerprint density at radius 1 is 1.31 bits per heavy atom. The molecule has 0 fully saturated rings. The summed E-state index contributed by atoms with van der Waals surface area (Å²) in [4.78, 5) is 20.5. The van der Waals surface area contributed by atoms with Crippen molar-refractivity contribution in [1.29, 1.82) is 0 Å². The van der Waals surface area contributed by atoms with Gasteiger partial charge in [-0.15, -0.1) is 5.10 Å². The summed E-state index contributed by atoms with van der Waals surface area (Å²) in [5.41, 5.74) is 0.897. The first kappa shape index (κ1) is 16.1. The Kier molecular flexibility index (Phi) is 4.22. The molecule has 4 rings (SSSR count). The summed E-state index contributed by atoms with van der Waals surface area (Å²) < 4.78 is 12.7. The lowest BCUT2D eigenvalue weighted by atomic mass is 10.2. The molecule has 1 aliphatic rings. The lowest BCUT2D eigenvalue weighted by Crippen LogP contribution is -2.24. The molecule has 10 nitrogen and oxygen atoms in total. The van der Waals surface area contributed by atoms with Crippen molar-refractivity contribution >= 4 is 5.91 Å². The number of nitrogens with one attached hydrogen (secondary N) is 2. The van der Waals surface area contributed by atoms with Crippen LogP contribution >= 0.6 is 0 Å². The lowest BCUT2D eigenvalue weighted by Gasteiger charge is -2.09. The molecular weight excluding hydrogens is 338 g/mol. The summed E-state index contributed by atoms with van der Waals surface area (Å²) >= 11 is 0.